The lowest BCUT2D eigenvalue weighted by molar-refractivity contribution is 0.0328. The second-order valence-corrected chi connectivity index (χ2v) is 5.69. The van der Waals surface area contributed by atoms with Gasteiger partial charge in [0.2, 0.25) is 0 Å². The maximum Gasteiger partial charge on any atom is 0.135 e. The Labute approximate surface area is 109 Å². The number of aromatic nitrogens is 2. The maximum absolute atomic E-state index is 5.27. The van der Waals surface area contributed by atoms with Gasteiger partial charge >= 0.3 is 0 Å². The fourth-order valence-electron chi connectivity index (χ4n) is 2.12. The highest BCUT2D eigenvalue weighted by atomic mass is 79.9. The van der Waals surface area contributed by atoms with Crippen molar-refractivity contribution in [3.8, 4) is 0 Å². The Morgan fingerprint density at radius 3 is 2.76 bits per heavy atom. The molecule has 92 valence electrons. The number of rotatable bonds is 4. The minimum atomic E-state index is 0.417. The molecule has 4 nitrogen and oxygen atoms in total. The average molecular weight is 298 g/mol. The Morgan fingerprint density at radius 2 is 2.12 bits per heavy atom. The molecule has 0 saturated heterocycles. The van der Waals surface area contributed by atoms with Crippen LogP contribution < -0.4 is 5.32 Å². The van der Waals surface area contributed by atoms with E-state index in [1.54, 1.807) is 7.11 Å². The highest BCUT2D eigenvalue weighted by molar-refractivity contribution is 9.10. The highest BCUT2D eigenvalue weighted by Gasteiger charge is 2.30. The lowest BCUT2D eigenvalue weighted by atomic mass is 9.89. The van der Waals surface area contributed by atoms with Gasteiger partial charge in [-0.1, -0.05) is 0 Å². The van der Waals surface area contributed by atoms with E-state index in [0.717, 1.165) is 29.1 Å². The van der Waals surface area contributed by atoms with Crippen molar-refractivity contribution >= 4 is 21.7 Å². The Bertz CT molecular complexity index is 416. The summed E-state index contributed by atoms with van der Waals surface area (Å²) in [6.07, 6.45) is 5.00. The van der Waals surface area contributed by atoms with E-state index in [0.29, 0.717) is 18.1 Å². The quantitative estimate of drug-likeness (QED) is 0.868. The van der Waals surface area contributed by atoms with Gasteiger partial charge in [-0.25, -0.2) is 9.97 Å². The fraction of sp³-hybridized carbons (Fsp3) is 0.667. The molecule has 0 bridgehead atoms. The van der Waals surface area contributed by atoms with Crippen LogP contribution in [0.2, 0.25) is 0 Å². The van der Waals surface area contributed by atoms with Gasteiger partial charge in [0.25, 0.3) is 0 Å². The summed E-state index contributed by atoms with van der Waals surface area (Å²) in [5, 5.41) is 3.45. The van der Waals surface area contributed by atoms with Crippen LogP contribution in [0.25, 0.3) is 0 Å². The van der Waals surface area contributed by atoms with E-state index in [1.807, 2.05) is 6.07 Å². The van der Waals surface area contributed by atoms with Gasteiger partial charge in [0.15, 0.2) is 0 Å². The highest BCUT2D eigenvalue weighted by Crippen LogP contribution is 2.39. The van der Waals surface area contributed by atoms with Crippen molar-refractivity contribution in [1.29, 1.82) is 0 Å². The average Bonchev–Trinajstić information content (AvgIpc) is 3.05. The second kappa shape index (κ2) is 4.53. The zero-order chi connectivity index (χ0) is 11.8. The Morgan fingerprint density at radius 1 is 1.35 bits per heavy atom. The minimum absolute atomic E-state index is 0.417. The van der Waals surface area contributed by atoms with Gasteiger partial charge in [0.05, 0.1) is 6.10 Å². The normalized spacial score (nSPS) is 27.6. The molecule has 1 aromatic heterocycles. The topological polar surface area (TPSA) is 47.0 Å². The number of halogens is 1. The van der Waals surface area contributed by atoms with Crippen molar-refractivity contribution in [3.05, 3.63) is 16.5 Å². The predicted octanol–water partition coefficient (Wildman–Crippen LogP) is 2.71. The largest absolute Gasteiger partial charge is 0.381 e. The number of nitrogens with zero attached hydrogens (tertiary/aromatic N) is 2. The van der Waals surface area contributed by atoms with Crippen molar-refractivity contribution in [2.75, 3.05) is 12.4 Å². The summed E-state index contributed by atoms with van der Waals surface area (Å²) < 4.78 is 6.14. The number of hydrogen-bond donors (Lipinski definition) is 1. The number of ether oxygens (including phenoxy) is 1. The van der Waals surface area contributed by atoms with Gasteiger partial charge in [0.1, 0.15) is 16.2 Å². The standard InChI is InChI=1S/C12H16BrN3O/c1-17-9-4-8(5-9)14-11-6-10(13)15-12(16-11)7-2-3-7/h6-9H,2-5H2,1H3,(H,14,15,16). The molecule has 0 unspecified atom stereocenters. The summed E-state index contributed by atoms with van der Waals surface area (Å²) >= 11 is 3.45. The van der Waals surface area contributed by atoms with Crippen LogP contribution in [0.1, 0.15) is 37.4 Å². The van der Waals surface area contributed by atoms with Crippen LogP contribution in [0.15, 0.2) is 10.7 Å². The molecule has 1 aromatic rings. The molecule has 2 aliphatic carbocycles. The van der Waals surface area contributed by atoms with E-state index in [-0.39, 0.29) is 0 Å². The van der Waals surface area contributed by atoms with Crippen LogP contribution in [-0.2, 0) is 4.74 Å². The smallest absolute Gasteiger partial charge is 0.135 e. The monoisotopic (exact) mass is 297 g/mol. The van der Waals surface area contributed by atoms with Crippen LogP contribution in [-0.4, -0.2) is 29.2 Å². The summed E-state index contributed by atoms with van der Waals surface area (Å²) in [6.45, 7) is 0. The molecule has 0 amide bonds. The summed E-state index contributed by atoms with van der Waals surface area (Å²) in [5.41, 5.74) is 0. The van der Waals surface area contributed by atoms with Gasteiger partial charge < -0.3 is 10.1 Å². The van der Waals surface area contributed by atoms with Gasteiger partial charge in [-0.05, 0) is 41.6 Å². The molecule has 0 aromatic carbocycles. The molecular formula is C12H16BrN3O. The van der Waals surface area contributed by atoms with Crippen molar-refractivity contribution < 1.29 is 4.74 Å². The van der Waals surface area contributed by atoms with E-state index >= 15 is 0 Å². The third-order valence-corrected chi connectivity index (χ3v) is 3.84. The zero-order valence-electron chi connectivity index (χ0n) is 9.82. The molecule has 3 rings (SSSR count). The van der Waals surface area contributed by atoms with Crippen LogP contribution in [0, 0.1) is 0 Å². The minimum Gasteiger partial charge on any atom is -0.381 e. The predicted molar refractivity (Wildman–Crippen MR) is 69.1 cm³/mol. The first kappa shape index (κ1) is 11.4. The summed E-state index contributed by atoms with van der Waals surface area (Å²) in [6, 6.07) is 2.44. The fourth-order valence-corrected chi connectivity index (χ4v) is 2.52. The van der Waals surface area contributed by atoms with Gasteiger partial charge in [-0.15, -0.1) is 0 Å². The van der Waals surface area contributed by atoms with E-state index in [2.05, 4.69) is 31.2 Å². The lowest BCUT2D eigenvalue weighted by Gasteiger charge is -2.34. The summed E-state index contributed by atoms with van der Waals surface area (Å²) in [5.74, 6) is 2.50. The molecule has 0 radical (unpaired) electrons. The Hall–Kier alpha value is -0.680. The molecule has 5 heteroatoms. The summed E-state index contributed by atoms with van der Waals surface area (Å²) in [4.78, 5) is 8.99. The van der Waals surface area contributed by atoms with Crippen molar-refractivity contribution in [1.82, 2.24) is 9.97 Å². The van der Waals surface area contributed by atoms with Crippen molar-refractivity contribution in [3.63, 3.8) is 0 Å². The third-order valence-electron chi connectivity index (χ3n) is 3.43. The molecule has 1 N–H and O–H groups in total. The lowest BCUT2D eigenvalue weighted by Crippen LogP contribution is -2.40. The molecule has 2 saturated carbocycles. The number of hydrogen-bond acceptors (Lipinski definition) is 4. The van der Waals surface area contributed by atoms with Crippen molar-refractivity contribution in [2.24, 2.45) is 0 Å². The molecule has 0 aliphatic heterocycles. The van der Waals surface area contributed by atoms with Gasteiger partial charge in [-0.2, -0.15) is 0 Å². The van der Waals surface area contributed by atoms with E-state index in [4.69, 9.17) is 4.74 Å². The number of nitrogens with one attached hydrogen (secondary N) is 1. The van der Waals surface area contributed by atoms with E-state index in [1.165, 1.54) is 12.8 Å². The molecule has 2 fully saturated rings. The van der Waals surface area contributed by atoms with E-state index < -0.39 is 0 Å². The Balaban J connectivity index is 1.66. The van der Waals surface area contributed by atoms with E-state index in [9.17, 15) is 0 Å². The number of methoxy groups -OCH3 is 1. The van der Waals surface area contributed by atoms with Gasteiger partial charge in [-0.3, -0.25) is 0 Å². The van der Waals surface area contributed by atoms with Gasteiger partial charge in [0, 0.05) is 25.1 Å². The van der Waals surface area contributed by atoms with Crippen molar-refractivity contribution in [2.45, 2.75) is 43.7 Å². The summed E-state index contributed by atoms with van der Waals surface area (Å²) in [7, 11) is 1.77. The first-order valence-corrected chi connectivity index (χ1v) is 6.87. The maximum atomic E-state index is 5.27. The molecule has 17 heavy (non-hydrogen) atoms. The van der Waals surface area contributed by atoms with Crippen LogP contribution in [0.3, 0.4) is 0 Å². The molecule has 0 spiro atoms. The van der Waals surface area contributed by atoms with Crippen LogP contribution in [0.5, 0.6) is 0 Å². The Kier molecular flexibility index (Phi) is 3.04. The zero-order valence-corrected chi connectivity index (χ0v) is 11.4. The molecular weight excluding hydrogens is 282 g/mol. The molecule has 0 atom stereocenters. The van der Waals surface area contributed by atoms with Crippen LogP contribution in [0.4, 0.5) is 5.82 Å². The number of anilines is 1. The molecule has 1 heterocycles. The second-order valence-electron chi connectivity index (χ2n) is 4.88. The molecule has 2 aliphatic rings. The first-order valence-electron chi connectivity index (χ1n) is 6.08. The SMILES string of the molecule is COC1CC(Nc2cc(Br)nc(C3CC3)n2)C1. The van der Waals surface area contributed by atoms with Crippen LogP contribution >= 0.6 is 15.9 Å². The first-order chi connectivity index (χ1) is 8.24. The third kappa shape index (κ3) is 2.60.